The van der Waals surface area contributed by atoms with Crippen LogP contribution in [0, 0.1) is 0 Å². The SMILES string of the molecule is COc1cc2nc(NC(=O)C3CCCCN3S(=O)(=O)c3ccc(Cl)s3)sc2cc1OC. The van der Waals surface area contributed by atoms with E-state index in [9.17, 15) is 13.2 Å². The second kappa shape index (κ2) is 8.91. The molecule has 166 valence electrons. The molecule has 31 heavy (non-hydrogen) atoms. The average molecular weight is 502 g/mol. The molecule has 1 aromatic carbocycles. The van der Waals surface area contributed by atoms with Crippen LogP contribution in [0.25, 0.3) is 10.2 Å². The van der Waals surface area contributed by atoms with Gasteiger partial charge in [0.15, 0.2) is 16.6 Å². The number of halogens is 1. The Labute approximate surface area is 192 Å². The van der Waals surface area contributed by atoms with Gasteiger partial charge < -0.3 is 14.8 Å². The molecule has 1 atom stereocenters. The summed E-state index contributed by atoms with van der Waals surface area (Å²) in [6.45, 7) is 0.282. The third kappa shape index (κ3) is 4.37. The lowest BCUT2D eigenvalue weighted by Crippen LogP contribution is -2.49. The lowest BCUT2D eigenvalue weighted by atomic mass is 10.0. The number of sulfonamides is 1. The quantitative estimate of drug-likeness (QED) is 0.543. The van der Waals surface area contributed by atoms with E-state index in [1.165, 1.54) is 28.8 Å². The van der Waals surface area contributed by atoms with Crippen molar-refractivity contribution in [1.29, 1.82) is 0 Å². The van der Waals surface area contributed by atoms with Crippen molar-refractivity contribution in [2.24, 2.45) is 0 Å². The molecule has 1 aliphatic rings. The van der Waals surface area contributed by atoms with Gasteiger partial charge in [-0.1, -0.05) is 29.4 Å². The van der Waals surface area contributed by atoms with Crippen molar-refractivity contribution in [2.45, 2.75) is 29.5 Å². The third-order valence-electron chi connectivity index (χ3n) is 4.99. The number of thiophene rings is 1. The van der Waals surface area contributed by atoms with Gasteiger partial charge >= 0.3 is 0 Å². The number of carbonyl (C=O) groups excluding carboxylic acids is 1. The zero-order chi connectivity index (χ0) is 22.2. The minimum atomic E-state index is -3.81. The standard InChI is InChI=1S/C19H20ClN3O5S3/c1-27-13-9-11-15(10-14(13)28-2)29-19(21-11)22-18(24)12-5-3-4-8-23(12)31(25,26)17-7-6-16(20)30-17/h6-7,9-10,12H,3-5,8H2,1-2H3,(H,21,22,24). The third-order valence-corrected chi connectivity index (χ3v) is 9.53. The average Bonchev–Trinajstić information content (AvgIpc) is 3.38. The number of nitrogens with one attached hydrogen (secondary N) is 1. The van der Waals surface area contributed by atoms with E-state index in [1.807, 2.05) is 0 Å². The van der Waals surface area contributed by atoms with Gasteiger partial charge in [-0.25, -0.2) is 13.4 Å². The topological polar surface area (TPSA) is 97.8 Å². The number of piperidine rings is 1. The minimum Gasteiger partial charge on any atom is -0.493 e. The van der Waals surface area contributed by atoms with Gasteiger partial charge in [0.2, 0.25) is 5.91 Å². The van der Waals surface area contributed by atoms with Crippen LogP contribution in [0.15, 0.2) is 28.5 Å². The molecule has 12 heteroatoms. The van der Waals surface area contributed by atoms with Crippen LogP contribution in [0.4, 0.5) is 5.13 Å². The summed E-state index contributed by atoms with van der Waals surface area (Å²) < 4.78 is 39.4. The molecule has 4 rings (SSSR count). The van der Waals surface area contributed by atoms with Crippen LogP contribution in [-0.2, 0) is 14.8 Å². The molecule has 0 aliphatic carbocycles. The molecule has 1 fully saturated rings. The van der Waals surface area contributed by atoms with Gasteiger partial charge in [0.05, 0.1) is 28.8 Å². The molecule has 0 saturated carbocycles. The number of anilines is 1. The Morgan fingerprint density at radius 3 is 2.61 bits per heavy atom. The Hall–Kier alpha value is -1.92. The first-order chi connectivity index (χ1) is 14.8. The van der Waals surface area contributed by atoms with Gasteiger partial charge in [-0.05, 0) is 25.0 Å². The smallest absolute Gasteiger partial charge is 0.253 e. The van der Waals surface area contributed by atoms with Gasteiger partial charge in [0.25, 0.3) is 10.0 Å². The number of amides is 1. The van der Waals surface area contributed by atoms with Gasteiger partial charge in [-0.2, -0.15) is 4.31 Å². The van der Waals surface area contributed by atoms with E-state index in [4.69, 9.17) is 21.1 Å². The van der Waals surface area contributed by atoms with Crippen molar-refractivity contribution in [3.63, 3.8) is 0 Å². The molecule has 0 bridgehead atoms. The molecule has 1 unspecified atom stereocenters. The number of thiazole rings is 1. The van der Waals surface area contributed by atoms with Crippen molar-refractivity contribution in [3.05, 3.63) is 28.6 Å². The Morgan fingerprint density at radius 1 is 1.19 bits per heavy atom. The van der Waals surface area contributed by atoms with Crippen molar-refractivity contribution >= 4 is 65.6 Å². The van der Waals surface area contributed by atoms with Crippen molar-refractivity contribution in [3.8, 4) is 11.5 Å². The first-order valence-electron chi connectivity index (χ1n) is 9.44. The highest BCUT2D eigenvalue weighted by molar-refractivity contribution is 7.91. The van der Waals surface area contributed by atoms with E-state index < -0.39 is 22.0 Å². The van der Waals surface area contributed by atoms with Crippen LogP contribution in [0.1, 0.15) is 19.3 Å². The van der Waals surface area contributed by atoms with E-state index in [2.05, 4.69) is 10.3 Å². The van der Waals surface area contributed by atoms with Gasteiger partial charge in [-0.3, -0.25) is 4.79 Å². The lowest BCUT2D eigenvalue weighted by Gasteiger charge is -2.32. The molecule has 1 saturated heterocycles. The van der Waals surface area contributed by atoms with Crippen LogP contribution < -0.4 is 14.8 Å². The fourth-order valence-electron chi connectivity index (χ4n) is 3.50. The summed E-state index contributed by atoms with van der Waals surface area (Å²) in [5.74, 6) is 0.705. The summed E-state index contributed by atoms with van der Waals surface area (Å²) in [6.07, 6.45) is 1.91. The molecule has 8 nitrogen and oxygen atoms in total. The first kappa shape index (κ1) is 22.3. The largest absolute Gasteiger partial charge is 0.493 e. The maximum Gasteiger partial charge on any atom is 0.253 e. The maximum absolute atomic E-state index is 13.1. The van der Waals surface area contributed by atoms with Crippen molar-refractivity contribution < 1.29 is 22.7 Å². The highest BCUT2D eigenvalue weighted by atomic mass is 35.5. The van der Waals surface area contributed by atoms with Gasteiger partial charge in [0, 0.05) is 18.7 Å². The normalized spacial score (nSPS) is 17.6. The molecule has 1 aliphatic heterocycles. The van der Waals surface area contributed by atoms with E-state index in [1.54, 1.807) is 25.3 Å². The molecular weight excluding hydrogens is 482 g/mol. The molecule has 1 N–H and O–H groups in total. The second-order valence-electron chi connectivity index (χ2n) is 6.87. The number of ether oxygens (including phenoxy) is 2. The Bertz CT molecular complexity index is 1180. The predicted octanol–water partition coefficient (Wildman–Crippen LogP) is 4.21. The number of hydrogen-bond donors (Lipinski definition) is 1. The number of fused-ring (bicyclic) bond motifs is 1. The molecule has 1 amide bonds. The van der Waals surface area contributed by atoms with E-state index in [0.29, 0.717) is 39.3 Å². The van der Waals surface area contributed by atoms with Crippen molar-refractivity contribution in [2.75, 3.05) is 26.1 Å². The summed E-state index contributed by atoms with van der Waals surface area (Å²) in [5, 5.41) is 3.18. The molecule has 0 radical (unpaired) electrons. The monoisotopic (exact) mass is 501 g/mol. The Balaban J connectivity index is 1.59. The van der Waals surface area contributed by atoms with Crippen LogP contribution in [-0.4, -0.2) is 50.4 Å². The lowest BCUT2D eigenvalue weighted by molar-refractivity contribution is -0.120. The summed E-state index contributed by atoms with van der Waals surface area (Å²) in [4.78, 5) is 17.5. The molecule has 0 spiro atoms. The fourth-order valence-corrected chi connectivity index (χ4v) is 7.65. The zero-order valence-electron chi connectivity index (χ0n) is 16.8. The number of nitrogens with zero attached hydrogens (tertiary/aromatic N) is 2. The molecule has 3 heterocycles. The minimum absolute atomic E-state index is 0.136. The maximum atomic E-state index is 13.1. The van der Waals surface area contributed by atoms with E-state index >= 15 is 0 Å². The summed E-state index contributed by atoms with van der Waals surface area (Å²) in [7, 11) is -0.727. The van der Waals surface area contributed by atoms with Gasteiger partial charge in [0.1, 0.15) is 10.3 Å². The zero-order valence-corrected chi connectivity index (χ0v) is 20.0. The van der Waals surface area contributed by atoms with Crippen molar-refractivity contribution in [1.82, 2.24) is 9.29 Å². The molecular formula is C19H20ClN3O5S3. The highest BCUT2D eigenvalue weighted by Gasteiger charge is 2.38. The van der Waals surface area contributed by atoms with Gasteiger partial charge in [-0.15, -0.1) is 11.3 Å². The highest BCUT2D eigenvalue weighted by Crippen LogP contribution is 2.37. The number of hydrogen-bond acceptors (Lipinski definition) is 8. The Kier molecular flexibility index (Phi) is 6.40. The van der Waals surface area contributed by atoms with E-state index in [-0.39, 0.29) is 10.8 Å². The van der Waals surface area contributed by atoms with Crippen LogP contribution in [0.2, 0.25) is 4.34 Å². The summed E-state index contributed by atoms with van der Waals surface area (Å²) in [6, 6.07) is 5.73. The second-order valence-corrected chi connectivity index (χ2v) is 11.7. The summed E-state index contributed by atoms with van der Waals surface area (Å²) >= 11 is 8.20. The summed E-state index contributed by atoms with van der Waals surface area (Å²) in [5.41, 5.74) is 0.652. The number of benzene rings is 1. The van der Waals surface area contributed by atoms with Crippen LogP contribution in [0.3, 0.4) is 0 Å². The van der Waals surface area contributed by atoms with E-state index in [0.717, 1.165) is 22.5 Å². The molecule has 3 aromatic rings. The number of rotatable bonds is 6. The number of carbonyl (C=O) groups is 1. The first-order valence-corrected chi connectivity index (χ1v) is 12.9. The van der Waals surface area contributed by atoms with Crippen LogP contribution >= 0.6 is 34.3 Å². The van der Waals surface area contributed by atoms with Crippen LogP contribution in [0.5, 0.6) is 11.5 Å². The molecule has 2 aromatic heterocycles. The number of methoxy groups -OCH3 is 2. The number of aromatic nitrogens is 1. The Morgan fingerprint density at radius 2 is 1.94 bits per heavy atom. The predicted molar refractivity (Wildman–Crippen MR) is 122 cm³/mol. The fraction of sp³-hybridized carbons (Fsp3) is 0.368.